The average Bonchev–Trinajstić information content (AvgIpc) is 2.71. The Kier molecular flexibility index (Phi) is 2.47. The highest BCUT2D eigenvalue weighted by atomic mass is 35.5. The Hall–Kier alpha value is -1.06. The molecule has 0 saturated heterocycles. The zero-order chi connectivity index (χ0) is 9.10. The molecule has 2 aromatic heterocycles. The lowest BCUT2D eigenvalue weighted by Gasteiger charge is -2.10. The molecule has 0 aromatic carbocycles. The largest absolute Gasteiger partial charge is 0.238 e. The predicted molar refractivity (Wildman–Crippen MR) is 56.5 cm³/mol. The molecular weight excluding hydrogens is 204 g/mol. The molecule has 0 spiro atoms. The van der Waals surface area contributed by atoms with E-state index in [9.17, 15) is 0 Å². The van der Waals surface area contributed by atoms with E-state index < -0.39 is 0 Å². The maximum Gasteiger partial charge on any atom is 0.148 e. The highest BCUT2D eigenvalue weighted by Crippen LogP contribution is 2.29. The van der Waals surface area contributed by atoms with E-state index in [0.717, 1.165) is 10.8 Å². The number of thiophene rings is 1. The number of halogens is 1. The summed E-state index contributed by atoms with van der Waals surface area (Å²) in [5.74, 6) is 0.742. The molecule has 66 valence electrons. The van der Waals surface area contributed by atoms with E-state index in [4.69, 9.17) is 11.8 Å². The molecule has 13 heavy (non-hydrogen) atoms. The number of hydrogen-bond acceptors (Lipinski definition) is 3. The van der Waals surface area contributed by atoms with Crippen molar-refractivity contribution in [1.82, 2.24) is 4.98 Å². The van der Waals surface area contributed by atoms with Gasteiger partial charge >= 0.3 is 0 Å². The first-order valence-electron chi connectivity index (χ1n) is 3.78. The van der Waals surface area contributed by atoms with Crippen LogP contribution in [0, 0.1) is 0 Å². The standard InChI is InChI=1S/C9H7ClN2S/c10-12(9-5-3-7-13-9)8-4-1-2-6-11-8/h1-7H. The molecule has 0 aliphatic heterocycles. The third kappa shape index (κ3) is 1.82. The molecule has 0 aliphatic rings. The lowest BCUT2D eigenvalue weighted by Crippen LogP contribution is -2.00. The van der Waals surface area contributed by atoms with E-state index >= 15 is 0 Å². The second kappa shape index (κ2) is 3.77. The van der Waals surface area contributed by atoms with E-state index in [1.807, 2.05) is 35.7 Å². The van der Waals surface area contributed by atoms with Gasteiger partial charge in [-0.15, -0.1) is 11.3 Å². The molecule has 2 heterocycles. The van der Waals surface area contributed by atoms with Gasteiger partial charge in [0.25, 0.3) is 0 Å². The van der Waals surface area contributed by atoms with Crippen molar-refractivity contribution >= 4 is 33.9 Å². The average molecular weight is 211 g/mol. The Bertz CT molecular complexity index is 360. The number of pyridine rings is 1. The summed E-state index contributed by atoms with van der Waals surface area (Å²) in [7, 11) is 0. The van der Waals surface area contributed by atoms with Gasteiger partial charge in [-0.05, 0) is 29.6 Å². The van der Waals surface area contributed by atoms with E-state index in [1.165, 1.54) is 0 Å². The van der Waals surface area contributed by atoms with Crippen molar-refractivity contribution in [2.45, 2.75) is 0 Å². The van der Waals surface area contributed by atoms with Crippen LogP contribution in [0.4, 0.5) is 10.8 Å². The topological polar surface area (TPSA) is 16.1 Å². The zero-order valence-corrected chi connectivity index (χ0v) is 8.29. The molecule has 0 saturated carbocycles. The van der Waals surface area contributed by atoms with E-state index in [-0.39, 0.29) is 0 Å². The van der Waals surface area contributed by atoms with Crippen LogP contribution in [0.2, 0.25) is 0 Å². The van der Waals surface area contributed by atoms with Crippen molar-refractivity contribution in [3.63, 3.8) is 0 Å². The van der Waals surface area contributed by atoms with Gasteiger partial charge in [0.2, 0.25) is 0 Å². The van der Waals surface area contributed by atoms with Crippen LogP contribution in [0.15, 0.2) is 41.9 Å². The maximum atomic E-state index is 6.05. The first-order chi connectivity index (χ1) is 6.38. The number of nitrogens with zero attached hydrogens (tertiary/aromatic N) is 2. The van der Waals surface area contributed by atoms with Crippen molar-refractivity contribution < 1.29 is 0 Å². The van der Waals surface area contributed by atoms with Crippen LogP contribution in [0.3, 0.4) is 0 Å². The normalized spacial score (nSPS) is 9.92. The van der Waals surface area contributed by atoms with Gasteiger partial charge in [0, 0.05) is 18.0 Å². The van der Waals surface area contributed by atoms with Crippen LogP contribution < -0.4 is 4.42 Å². The molecule has 0 bridgehead atoms. The summed E-state index contributed by atoms with van der Waals surface area (Å²) in [5.41, 5.74) is 0. The lowest BCUT2D eigenvalue weighted by molar-refractivity contribution is 1.26. The minimum absolute atomic E-state index is 0.742. The smallest absolute Gasteiger partial charge is 0.148 e. The molecular formula is C9H7ClN2S. The van der Waals surface area contributed by atoms with Crippen LogP contribution in [0.5, 0.6) is 0 Å². The molecule has 0 amide bonds. The number of anilines is 2. The van der Waals surface area contributed by atoms with Crippen molar-refractivity contribution in [1.29, 1.82) is 0 Å². The fourth-order valence-corrected chi connectivity index (χ4v) is 1.88. The van der Waals surface area contributed by atoms with Crippen LogP contribution in [-0.2, 0) is 0 Å². The summed E-state index contributed by atoms with van der Waals surface area (Å²) < 4.78 is 1.55. The molecule has 0 radical (unpaired) electrons. The minimum Gasteiger partial charge on any atom is -0.238 e. The van der Waals surface area contributed by atoms with Crippen molar-refractivity contribution in [2.75, 3.05) is 4.42 Å². The second-order valence-electron chi connectivity index (χ2n) is 2.42. The highest BCUT2D eigenvalue weighted by Gasteiger charge is 2.06. The van der Waals surface area contributed by atoms with Crippen LogP contribution in [0.25, 0.3) is 0 Å². The number of aromatic nitrogens is 1. The molecule has 2 nitrogen and oxygen atoms in total. The summed E-state index contributed by atoms with van der Waals surface area (Å²) in [5, 5.41) is 2.95. The number of hydrogen-bond donors (Lipinski definition) is 0. The molecule has 2 rings (SSSR count). The van der Waals surface area contributed by atoms with Crippen LogP contribution >= 0.6 is 23.1 Å². The van der Waals surface area contributed by atoms with Gasteiger partial charge in [-0.1, -0.05) is 6.07 Å². The lowest BCUT2D eigenvalue weighted by atomic mass is 10.4. The van der Waals surface area contributed by atoms with Crippen LogP contribution in [-0.4, -0.2) is 4.98 Å². The van der Waals surface area contributed by atoms with Gasteiger partial charge in [0.1, 0.15) is 10.8 Å². The molecule has 4 heteroatoms. The van der Waals surface area contributed by atoms with Gasteiger partial charge in [0.15, 0.2) is 0 Å². The fraction of sp³-hybridized carbons (Fsp3) is 0. The monoisotopic (exact) mass is 210 g/mol. The first kappa shape index (κ1) is 8.53. The van der Waals surface area contributed by atoms with Gasteiger partial charge in [-0.25, -0.2) is 9.40 Å². The zero-order valence-electron chi connectivity index (χ0n) is 6.72. The summed E-state index contributed by atoms with van der Waals surface area (Å²) in [6.45, 7) is 0. The SMILES string of the molecule is ClN(c1ccccn1)c1cccs1. The van der Waals surface area contributed by atoms with Gasteiger partial charge in [-0.2, -0.15) is 0 Å². The second-order valence-corrected chi connectivity index (χ2v) is 3.68. The fourth-order valence-electron chi connectivity index (χ4n) is 0.964. The Morgan fingerprint density at radius 3 is 2.77 bits per heavy atom. The van der Waals surface area contributed by atoms with Crippen molar-refractivity contribution in [3.8, 4) is 0 Å². The molecule has 0 N–H and O–H groups in total. The van der Waals surface area contributed by atoms with E-state index in [1.54, 1.807) is 22.0 Å². The van der Waals surface area contributed by atoms with Crippen molar-refractivity contribution in [3.05, 3.63) is 41.9 Å². The molecule has 0 fully saturated rings. The van der Waals surface area contributed by atoms with E-state index in [2.05, 4.69) is 4.98 Å². The third-order valence-electron chi connectivity index (χ3n) is 1.55. The highest BCUT2D eigenvalue weighted by molar-refractivity contribution is 7.14. The van der Waals surface area contributed by atoms with Crippen LogP contribution in [0.1, 0.15) is 0 Å². The van der Waals surface area contributed by atoms with E-state index in [0.29, 0.717) is 0 Å². The first-order valence-corrected chi connectivity index (χ1v) is 5.00. The predicted octanol–water partition coefficient (Wildman–Crippen LogP) is 3.44. The van der Waals surface area contributed by atoms with Crippen molar-refractivity contribution in [2.24, 2.45) is 0 Å². The van der Waals surface area contributed by atoms with Gasteiger partial charge < -0.3 is 0 Å². The minimum atomic E-state index is 0.742. The molecule has 0 unspecified atom stereocenters. The quantitative estimate of drug-likeness (QED) is 0.706. The van der Waals surface area contributed by atoms with Gasteiger partial charge in [0.05, 0.1) is 0 Å². The summed E-state index contributed by atoms with van der Waals surface area (Å²) >= 11 is 7.63. The summed E-state index contributed by atoms with van der Waals surface area (Å²) in [4.78, 5) is 4.14. The number of rotatable bonds is 2. The molecule has 0 aliphatic carbocycles. The molecule has 2 aromatic rings. The Morgan fingerprint density at radius 2 is 2.15 bits per heavy atom. The maximum absolute atomic E-state index is 6.05. The Labute approximate surface area is 85.5 Å². The summed E-state index contributed by atoms with van der Waals surface area (Å²) in [6, 6.07) is 9.55. The third-order valence-corrected chi connectivity index (χ3v) is 2.86. The Balaban J connectivity index is 2.29. The molecule has 0 atom stereocenters. The summed E-state index contributed by atoms with van der Waals surface area (Å²) in [6.07, 6.45) is 1.72. The Morgan fingerprint density at radius 1 is 1.23 bits per heavy atom. The van der Waals surface area contributed by atoms with Gasteiger partial charge in [-0.3, -0.25) is 0 Å².